The molecule has 0 fully saturated rings. The maximum atomic E-state index is 9.42. The molecule has 1 aliphatic heterocycles. The molecule has 0 saturated heterocycles. The summed E-state index contributed by atoms with van der Waals surface area (Å²) in [5.41, 5.74) is 6.41. The first-order valence-electron chi connectivity index (χ1n) is 11.3. The van der Waals surface area contributed by atoms with Crippen LogP contribution >= 0.6 is 11.6 Å². The molecule has 2 heterocycles. The number of halogens is 1. The van der Waals surface area contributed by atoms with Crippen molar-refractivity contribution in [3.8, 4) is 17.3 Å². The van der Waals surface area contributed by atoms with Crippen LogP contribution < -0.4 is 10.2 Å². The molecule has 0 radical (unpaired) electrons. The van der Waals surface area contributed by atoms with Crippen molar-refractivity contribution >= 4 is 28.9 Å². The van der Waals surface area contributed by atoms with E-state index >= 15 is 0 Å². The molecule has 35 heavy (non-hydrogen) atoms. The summed E-state index contributed by atoms with van der Waals surface area (Å²) in [6.45, 7) is 2.72. The SMILES string of the molecule is N#CN=C(Nc1ccc(Cl)cc1)N1CCN(Cc2c[nH]cn2)c2ccc(-c3ccccc3)cc2C1. The van der Waals surface area contributed by atoms with E-state index in [1.807, 2.05) is 54.9 Å². The molecule has 0 amide bonds. The van der Waals surface area contributed by atoms with Gasteiger partial charge in [-0.3, -0.25) is 0 Å². The lowest BCUT2D eigenvalue weighted by Gasteiger charge is -2.25. The van der Waals surface area contributed by atoms with Crippen molar-refractivity contribution < 1.29 is 0 Å². The first kappa shape index (κ1) is 22.5. The number of aliphatic imine (C=N–C) groups is 1. The summed E-state index contributed by atoms with van der Waals surface area (Å²) in [6.07, 6.45) is 5.58. The molecule has 7 nitrogen and oxygen atoms in total. The molecule has 0 spiro atoms. The standard InChI is InChI=1S/C27H24ClN7/c28-23-7-9-24(10-8-23)33-27(31-18-29)35-13-12-34(17-25-15-30-19-32-25)26-11-6-21(14-22(26)16-35)20-4-2-1-3-5-20/h1-11,14-15,19H,12-13,16-17H2,(H,30,32)(H,31,33). The third-order valence-electron chi connectivity index (χ3n) is 5.99. The van der Waals surface area contributed by atoms with Gasteiger partial charge in [0.05, 0.1) is 18.6 Å². The Morgan fingerprint density at radius 3 is 2.63 bits per heavy atom. The zero-order valence-electron chi connectivity index (χ0n) is 19.0. The van der Waals surface area contributed by atoms with Crippen LogP contribution in [0.15, 0.2) is 90.3 Å². The number of guanidine groups is 1. The zero-order chi connectivity index (χ0) is 24.0. The molecule has 0 aliphatic carbocycles. The molecule has 174 valence electrons. The summed E-state index contributed by atoms with van der Waals surface area (Å²) >= 11 is 6.04. The molecule has 0 unspecified atom stereocenters. The van der Waals surface area contributed by atoms with Gasteiger partial charge in [0.25, 0.3) is 0 Å². The van der Waals surface area contributed by atoms with Crippen molar-refractivity contribution in [1.82, 2.24) is 14.9 Å². The van der Waals surface area contributed by atoms with Crippen LogP contribution in [0.25, 0.3) is 11.1 Å². The van der Waals surface area contributed by atoms with Crippen molar-refractivity contribution in [2.75, 3.05) is 23.3 Å². The van der Waals surface area contributed by atoms with Gasteiger partial charge in [-0.15, -0.1) is 4.99 Å². The van der Waals surface area contributed by atoms with Gasteiger partial charge in [-0.2, -0.15) is 5.26 Å². The minimum absolute atomic E-state index is 0.507. The number of hydrogen-bond acceptors (Lipinski definition) is 4. The fourth-order valence-electron chi connectivity index (χ4n) is 4.28. The highest BCUT2D eigenvalue weighted by molar-refractivity contribution is 6.30. The van der Waals surface area contributed by atoms with Gasteiger partial charge in [0.2, 0.25) is 12.2 Å². The summed E-state index contributed by atoms with van der Waals surface area (Å²) in [7, 11) is 0. The van der Waals surface area contributed by atoms with Crippen LogP contribution in [-0.2, 0) is 13.1 Å². The van der Waals surface area contributed by atoms with E-state index in [1.54, 1.807) is 6.33 Å². The fourth-order valence-corrected chi connectivity index (χ4v) is 4.41. The molecule has 8 heteroatoms. The smallest absolute Gasteiger partial charge is 0.214 e. The Labute approximate surface area is 209 Å². The van der Waals surface area contributed by atoms with Crippen LogP contribution in [0.4, 0.5) is 11.4 Å². The second kappa shape index (κ2) is 10.3. The van der Waals surface area contributed by atoms with Crippen LogP contribution in [-0.4, -0.2) is 33.9 Å². The van der Waals surface area contributed by atoms with Gasteiger partial charge in [0, 0.05) is 42.2 Å². The zero-order valence-corrected chi connectivity index (χ0v) is 19.8. The van der Waals surface area contributed by atoms with Crippen LogP contribution in [0, 0.1) is 11.5 Å². The highest BCUT2D eigenvalue weighted by Gasteiger charge is 2.23. The largest absolute Gasteiger partial charge is 0.364 e. The number of H-pyrrole nitrogens is 1. The van der Waals surface area contributed by atoms with Crippen molar-refractivity contribution in [3.05, 3.63) is 102 Å². The Morgan fingerprint density at radius 2 is 1.89 bits per heavy atom. The lowest BCUT2D eigenvalue weighted by atomic mass is 10.0. The molecule has 0 bridgehead atoms. The molecular weight excluding hydrogens is 458 g/mol. The molecule has 3 aromatic carbocycles. The predicted molar refractivity (Wildman–Crippen MR) is 140 cm³/mol. The van der Waals surface area contributed by atoms with E-state index in [-0.39, 0.29) is 0 Å². The Morgan fingerprint density at radius 1 is 1.06 bits per heavy atom. The normalized spacial score (nSPS) is 13.7. The summed E-state index contributed by atoms with van der Waals surface area (Å²) in [5.74, 6) is 0.507. The monoisotopic (exact) mass is 481 g/mol. The number of nitriles is 1. The molecule has 1 aromatic heterocycles. The predicted octanol–water partition coefficient (Wildman–Crippen LogP) is 5.50. The van der Waals surface area contributed by atoms with E-state index in [9.17, 15) is 5.26 Å². The molecule has 1 aliphatic rings. The number of benzene rings is 3. The van der Waals surface area contributed by atoms with Gasteiger partial charge in [-0.1, -0.05) is 48.0 Å². The molecule has 5 rings (SSSR count). The number of hydrogen-bond donors (Lipinski definition) is 2. The summed E-state index contributed by atoms with van der Waals surface area (Å²) in [5, 5.41) is 13.4. The minimum atomic E-state index is 0.507. The molecule has 4 aromatic rings. The van der Waals surface area contributed by atoms with Gasteiger partial charge in [-0.25, -0.2) is 4.98 Å². The molecule has 2 N–H and O–H groups in total. The van der Waals surface area contributed by atoms with E-state index in [1.165, 1.54) is 0 Å². The molecule has 0 saturated carbocycles. The Bertz CT molecular complexity index is 1340. The minimum Gasteiger partial charge on any atom is -0.364 e. The second-order valence-electron chi connectivity index (χ2n) is 8.28. The third kappa shape index (κ3) is 5.29. The number of nitrogens with one attached hydrogen (secondary N) is 2. The highest BCUT2D eigenvalue weighted by Crippen LogP contribution is 2.31. The van der Waals surface area contributed by atoms with Crippen LogP contribution in [0.5, 0.6) is 0 Å². The summed E-state index contributed by atoms with van der Waals surface area (Å²) in [6, 6.07) is 24.3. The fraction of sp³-hybridized carbons (Fsp3) is 0.148. The van der Waals surface area contributed by atoms with Gasteiger partial charge < -0.3 is 20.1 Å². The van der Waals surface area contributed by atoms with E-state index in [4.69, 9.17) is 11.6 Å². The number of imidazole rings is 1. The molecule has 0 atom stereocenters. The number of aromatic nitrogens is 2. The maximum Gasteiger partial charge on any atom is 0.214 e. The number of anilines is 2. The number of rotatable bonds is 4. The lowest BCUT2D eigenvalue weighted by Crippen LogP contribution is -2.39. The highest BCUT2D eigenvalue weighted by atomic mass is 35.5. The van der Waals surface area contributed by atoms with Crippen molar-refractivity contribution in [2.24, 2.45) is 4.99 Å². The third-order valence-corrected chi connectivity index (χ3v) is 6.24. The van der Waals surface area contributed by atoms with Crippen LogP contribution in [0.2, 0.25) is 5.02 Å². The van der Waals surface area contributed by atoms with Crippen LogP contribution in [0.1, 0.15) is 11.3 Å². The quantitative estimate of drug-likeness (QED) is 0.228. The van der Waals surface area contributed by atoms with Crippen molar-refractivity contribution in [1.29, 1.82) is 5.26 Å². The van der Waals surface area contributed by atoms with Gasteiger partial charge in [0.1, 0.15) is 0 Å². The van der Waals surface area contributed by atoms with Crippen molar-refractivity contribution in [3.63, 3.8) is 0 Å². The first-order valence-corrected chi connectivity index (χ1v) is 11.7. The van der Waals surface area contributed by atoms with E-state index in [2.05, 4.69) is 60.4 Å². The van der Waals surface area contributed by atoms with E-state index in [0.717, 1.165) is 40.3 Å². The Hall–Kier alpha value is -4.28. The summed E-state index contributed by atoms with van der Waals surface area (Å²) < 4.78 is 0. The van der Waals surface area contributed by atoms with Gasteiger partial charge in [0.15, 0.2) is 0 Å². The van der Waals surface area contributed by atoms with E-state index < -0.39 is 0 Å². The summed E-state index contributed by atoms with van der Waals surface area (Å²) in [4.78, 5) is 16.0. The lowest BCUT2D eigenvalue weighted by molar-refractivity contribution is 0.427. The average Bonchev–Trinajstić information content (AvgIpc) is 3.33. The maximum absolute atomic E-state index is 9.42. The van der Waals surface area contributed by atoms with Gasteiger partial charge in [-0.05, 0) is 53.1 Å². The topological polar surface area (TPSA) is 83.3 Å². The van der Waals surface area contributed by atoms with Gasteiger partial charge >= 0.3 is 0 Å². The number of fused-ring (bicyclic) bond motifs is 1. The Kier molecular flexibility index (Phi) is 6.64. The molecular formula is C27H24ClN7. The average molecular weight is 482 g/mol. The second-order valence-corrected chi connectivity index (χ2v) is 8.72. The van der Waals surface area contributed by atoms with E-state index in [0.29, 0.717) is 30.6 Å². The van der Waals surface area contributed by atoms with Crippen LogP contribution in [0.3, 0.4) is 0 Å². The first-order chi connectivity index (χ1) is 17.2. The Balaban J connectivity index is 1.49. The number of nitrogens with zero attached hydrogens (tertiary/aromatic N) is 5. The number of aromatic amines is 1. The van der Waals surface area contributed by atoms with Crippen molar-refractivity contribution in [2.45, 2.75) is 13.1 Å².